The van der Waals surface area contributed by atoms with Crippen molar-refractivity contribution in [2.24, 2.45) is 4.99 Å². The minimum absolute atomic E-state index is 0.506. The van der Waals surface area contributed by atoms with E-state index in [4.69, 9.17) is 9.73 Å². The Morgan fingerprint density at radius 3 is 3.00 bits per heavy atom. The van der Waals surface area contributed by atoms with E-state index < -0.39 is 0 Å². The van der Waals surface area contributed by atoms with Crippen molar-refractivity contribution in [1.82, 2.24) is 15.6 Å². The number of aryl methyl sites for hydroxylation is 2. The Balaban J connectivity index is 2.13. The zero-order valence-corrected chi connectivity index (χ0v) is 11.7. The monoisotopic (exact) mass is 284 g/mol. The van der Waals surface area contributed by atoms with E-state index in [0.717, 1.165) is 36.1 Å². The van der Waals surface area contributed by atoms with E-state index in [2.05, 4.69) is 21.2 Å². The van der Waals surface area contributed by atoms with Gasteiger partial charge in [-0.15, -0.1) is 0 Å². The van der Waals surface area contributed by atoms with Gasteiger partial charge in [-0.2, -0.15) is 4.98 Å². The van der Waals surface area contributed by atoms with Crippen LogP contribution in [0.5, 0.6) is 0 Å². The van der Waals surface area contributed by atoms with Crippen LogP contribution >= 0.6 is 0 Å². The average Bonchev–Trinajstić information content (AvgIpc) is 3.01. The molecule has 0 unspecified atom stereocenters. The number of aromatic nitrogens is 2. The molecule has 2 aromatic rings. The Morgan fingerprint density at radius 1 is 1.38 bits per heavy atom. The first kappa shape index (κ1) is 13.5. The normalized spacial score (nSPS) is 14.6. The number of rotatable bonds is 4. The summed E-state index contributed by atoms with van der Waals surface area (Å²) in [5.74, 6) is 1.19. The van der Waals surface area contributed by atoms with Gasteiger partial charge in [-0.3, -0.25) is 10.7 Å². The summed E-state index contributed by atoms with van der Waals surface area (Å²) in [5.41, 5.74) is 5.86. The molecule has 6 nitrogen and oxygen atoms in total. The molecule has 0 saturated carbocycles. The Labute approximate surface area is 122 Å². The molecule has 21 heavy (non-hydrogen) atoms. The van der Waals surface area contributed by atoms with Gasteiger partial charge in [-0.25, -0.2) is 4.99 Å². The predicted molar refractivity (Wildman–Crippen MR) is 78.7 cm³/mol. The molecule has 108 valence electrons. The second kappa shape index (κ2) is 5.88. The number of nitrogens with zero attached hydrogens (tertiary/aromatic N) is 3. The van der Waals surface area contributed by atoms with Crippen LogP contribution in [0.25, 0.3) is 11.3 Å². The lowest BCUT2D eigenvalue weighted by Crippen LogP contribution is -2.07. The van der Waals surface area contributed by atoms with Crippen molar-refractivity contribution in [1.29, 1.82) is 0 Å². The van der Waals surface area contributed by atoms with Crippen LogP contribution in [0.1, 0.15) is 36.2 Å². The van der Waals surface area contributed by atoms with Gasteiger partial charge in [-0.05, 0) is 18.4 Å². The first-order valence-electron chi connectivity index (χ1n) is 6.90. The number of allylic oxidation sites excluding steroid dienone is 1. The first-order valence-corrected chi connectivity index (χ1v) is 6.90. The number of hydrogen-bond donors (Lipinski definition) is 2. The third kappa shape index (κ3) is 2.57. The molecule has 6 heteroatoms. The summed E-state index contributed by atoms with van der Waals surface area (Å²) in [6, 6.07) is 8.07. The summed E-state index contributed by atoms with van der Waals surface area (Å²) in [6.45, 7) is 1.98. The first-order chi connectivity index (χ1) is 10.3. The number of benzene rings is 1. The van der Waals surface area contributed by atoms with Gasteiger partial charge in [0, 0.05) is 17.6 Å². The zero-order valence-electron chi connectivity index (χ0n) is 11.7. The summed E-state index contributed by atoms with van der Waals surface area (Å²) in [4.78, 5) is 8.69. The Hall–Kier alpha value is -2.47. The van der Waals surface area contributed by atoms with E-state index in [1.54, 1.807) is 0 Å². The summed E-state index contributed by atoms with van der Waals surface area (Å²) >= 11 is 0. The lowest BCUT2D eigenvalue weighted by atomic mass is 9.89. The molecule has 3 rings (SSSR count). The van der Waals surface area contributed by atoms with Crippen LogP contribution < -0.4 is 5.48 Å². The van der Waals surface area contributed by atoms with Crippen LogP contribution in [0.15, 0.2) is 33.8 Å². The van der Waals surface area contributed by atoms with E-state index in [1.807, 2.05) is 30.6 Å². The molecule has 1 aromatic heterocycles. The molecule has 0 fully saturated rings. The Morgan fingerprint density at radius 2 is 2.24 bits per heavy atom. The molecule has 1 aromatic carbocycles. The molecule has 1 aliphatic carbocycles. The highest BCUT2D eigenvalue weighted by Gasteiger charge is 2.23. The van der Waals surface area contributed by atoms with E-state index in [9.17, 15) is 0 Å². The summed E-state index contributed by atoms with van der Waals surface area (Å²) in [6.07, 6.45) is 3.65. The van der Waals surface area contributed by atoms with Crippen molar-refractivity contribution in [2.45, 2.75) is 26.2 Å². The molecule has 0 bridgehead atoms. The molecule has 1 aliphatic rings. The van der Waals surface area contributed by atoms with E-state index in [1.165, 1.54) is 11.9 Å². The Kier molecular flexibility index (Phi) is 3.79. The van der Waals surface area contributed by atoms with Crippen LogP contribution in [-0.4, -0.2) is 21.7 Å². The quantitative estimate of drug-likeness (QED) is 0.512. The molecule has 0 amide bonds. The second-order valence-electron chi connectivity index (χ2n) is 4.74. The molecule has 0 aliphatic heterocycles. The van der Waals surface area contributed by atoms with Gasteiger partial charge in [0.1, 0.15) is 6.34 Å². The maximum atomic E-state index is 8.77. The lowest BCUT2D eigenvalue weighted by molar-refractivity contribution is 0.240. The zero-order chi connectivity index (χ0) is 14.7. The van der Waals surface area contributed by atoms with Crippen molar-refractivity contribution in [3.8, 4) is 0 Å². The highest BCUT2D eigenvalue weighted by atomic mass is 16.5. The lowest BCUT2D eigenvalue weighted by Gasteiger charge is -2.18. The average molecular weight is 284 g/mol. The maximum absolute atomic E-state index is 8.77. The number of fused-ring (bicyclic) bond motifs is 1. The fourth-order valence-corrected chi connectivity index (χ4v) is 2.48. The standard InChI is InChI=1S/C15H16N4O2/c1-2-13-18-15(21-19-13)12-8-7-10-5-3-4-6-11(10)14(12)16-9-17-20/h3-6,9,20H,2,7-8H2,1H3,(H,16,17). The minimum atomic E-state index is 0.506. The minimum Gasteiger partial charge on any atom is -0.334 e. The fraction of sp³-hybridized carbons (Fsp3) is 0.267. The summed E-state index contributed by atoms with van der Waals surface area (Å²) < 4.78 is 5.34. The van der Waals surface area contributed by atoms with Gasteiger partial charge in [0.2, 0.25) is 0 Å². The molecule has 0 radical (unpaired) electrons. The fourth-order valence-electron chi connectivity index (χ4n) is 2.48. The highest BCUT2D eigenvalue weighted by Crippen LogP contribution is 2.36. The molecule has 0 saturated heterocycles. The van der Waals surface area contributed by atoms with Gasteiger partial charge in [0.05, 0.1) is 5.70 Å². The van der Waals surface area contributed by atoms with Crippen molar-refractivity contribution in [3.05, 3.63) is 47.1 Å². The molecule has 0 atom stereocenters. The molecule has 2 N–H and O–H groups in total. The number of hydrogen-bond acceptors (Lipinski definition) is 5. The maximum Gasteiger partial charge on any atom is 0.256 e. The van der Waals surface area contributed by atoms with E-state index in [0.29, 0.717) is 11.7 Å². The van der Waals surface area contributed by atoms with Gasteiger partial charge < -0.3 is 4.52 Å². The SMILES string of the molecule is CCc1noc(C2=C(N=CNO)c3ccccc3CC2)n1. The summed E-state index contributed by atoms with van der Waals surface area (Å²) in [7, 11) is 0. The van der Waals surface area contributed by atoms with Crippen LogP contribution in [0, 0.1) is 0 Å². The van der Waals surface area contributed by atoms with Gasteiger partial charge in [0.25, 0.3) is 5.89 Å². The number of hydroxylamine groups is 1. The largest absolute Gasteiger partial charge is 0.334 e. The molecule has 1 heterocycles. The van der Waals surface area contributed by atoms with Gasteiger partial charge in [0.15, 0.2) is 5.82 Å². The van der Waals surface area contributed by atoms with Gasteiger partial charge in [-0.1, -0.05) is 36.3 Å². The Bertz CT molecular complexity index is 703. The molecular weight excluding hydrogens is 268 g/mol. The topological polar surface area (TPSA) is 83.5 Å². The van der Waals surface area contributed by atoms with Crippen LogP contribution in [0.4, 0.5) is 0 Å². The van der Waals surface area contributed by atoms with Crippen molar-refractivity contribution >= 4 is 17.6 Å². The van der Waals surface area contributed by atoms with Crippen molar-refractivity contribution in [3.63, 3.8) is 0 Å². The predicted octanol–water partition coefficient (Wildman–Crippen LogP) is 2.45. The summed E-state index contributed by atoms with van der Waals surface area (Å²) in [5, 5.41) is 12.7. The van der Waals surface area contributed by atoms with E-state index in [-0.39, 0.29) is 0 Å². The van der Waals surface area contributed by atoms with E-state index >= 15 is 0 Å². The van der Waals surface area contributed by atoms with Crippen molar-refractivity contribution in [2.75, 3.05) is 0 Å². The number of aliphatic imine (C=N–C) groups is 1. The van der Waals surface area contributed by atoms with Gasteiger partial charge >= 0.3 is 0 Å². The van der Waals surface area contributed by atoms with Crippen molar-refractivity contribution < 1.29 is 9.73 Å². The highest BCUT2D eigenvalue weighted by molar-refractivity contribution is 5.93. The smallest absolute Gasteiger partial charge is 0.256 e. The van der Waals surface area contributed by atoms with Crippen LogP contribution in [0.3, 0.4) is 0 Å². The number of nitrogens with one attached hydrogen (secondary N) is 1. The molecular formula is C15H16N4O2. The van der Waals surface area contributed by atoms with Crippen LogP contribution in [-0.2, 0) is 12.8 Å². The third-order valence-electron chi connectivity index (χ3n) is 3.50. The molecule has 0 spiro atoms. The second-order valence-corrected chi connectivity index (χ2v) is 4.74. The van der Waals surface area contributed by atoms with Crippen LogP contribution in [0.2, 0.25) is 0 Å². The third-order valence-corrected chi connectivity index (χ3v) is 3.50.